The molecular formula is C14H20O7. The third kappa shape index (κ3) is 3.52. The number of rotatable bonds is 4. The molecule has 1 saturated heterocycles. The SMILES string of the molecule is CC(OC1OC(CO)C(O)C(O)C1O)c1cccc(O)c1. The summed E-state index contributed by atoms with van der Waals surface area (Å²) >= 11 is 0. The Labute approximate surface area is 122 Å². The summed E-state index contributed by atoms with van der Waals surface area (Å²) in [6.07, 6.45) is -7.07. The fourth-order valence-corrected chi connectivity index (χ4v) is 2.24. The van der Waals surface area contributed by atoms with Crippen molar-refractivity contribution in [3.63, 3.8) is 0 Å². The van der Waals surface area contributed by atoms with Crippen LogP contribution in [0.5, 0.6) is 5.75 Å². The quantitative estimate of drug-likeness (QED) is 0.497. The summed E-state index contributed by atoms with van der Waals surface area (Å²) in [4.78, 5) is 0. The van der Waals surface area contributed by atoms with Crippen LogP contribution in [0.25, 0.3) is 0 Å². The van der Waals surface area contributed by atoms with E-state index in [2.05, 4.69) is 0 Å². The molecule has 1 aliphatic heterocycles. The lowest BCUT2D eigenvalue weighted by atomic mass is 9.99. The molecule has 2 rings (SSSR count). The first-order chi connectivity index (χ1) is 9.93. The average Bonchev–Trinajstić information content (AvgIpc) is 2.47. The molecule has 0 aromatic heterocycles. The molecule has 21 heavy (non-hydrogen) atoms. The van der Waals surface area contributed by atoms with Crippen molar-refractivity contribution in [2.45, 2.75) is 43.7 Å². The fourth-order valence-electron chi connectivity index (χ4n) is 2.24. The highest BCUT2D eigenvalue weighted by Gasteiger charge is 2.44. The Morgan fingerprint density at radius 3 is 2.52 bits per heavy atom. The van der Waals surface area contributed by atoms with E-state index in [0.29, 0.717) is 5.56 Å². The molecule has 7 heteroatoms. The van der Waals surface area contributed by atoms with Crippen LogP contribution in [0.15, 0.2) is 24.3 Å². The fraction of sp³-hybridized carbons (Fsp3) is 0.571. The molecule has 6 atom stereocenters. The van der Waals surface area contributed by atoms with Crippen LogP contribution in [0, 0.1) is 0 Å². The number of benzene rings is 1. The van der Waals surface area contributed by atoms with Gasteiger partial charge in [0, 0.05) is 0 Å². The Morgan fingerprint density at radius 1 is 1.19 bits per heavy atom. The third-order valence-corrected chi connectivity index (χ3v) is 3.53. The van der Waals surface area contributed by atoms with Gasteiger partial charge in [-0.2, -0.15) is 0 Å². The molecule has 0 bridgehead atoms. The van der Waals surface area contributed by atoms with E-state index < -0.39 is 43.4 Å². The lowest BCUT2D eigenvalue weighted by Crippen LogP contribution is -2.59. The first kappa shape index (κ1) is 16.2. The number of aliphatic hydroxyl groups is 4. The van der Waals surface area contributed by atoms with Crippen molar-refractivity contribution < 1.29 is 35.0 Å². The molecule has 6 unspecified atom stereocenters. The normalized spacial score (nSPS) is 34.6. The minimum absolute atomic E-state index is 0.0803. The summed E-state index contributed by atoms with van der Waals surface area (Å²) < 4.78 is 10.8. The average molecular weight is 300 g/mol. The van der Waals surface area contributed by atoms with Gasteiger partial charge in [0.2, 0.25) is 0 Å². The van der Waals surface area contributed by atoms with Crippen LogP contribution in [0.2, 0.25) is 0 Å². The Hall–Kier alpha value is -1.22. The van der Waals surface area contributed by atoms with Crippen LogP contribution in [-0.4, -0.2) is 62.8 Å². The predicted molar refractivity (Wildman–Crippen MR) is 71.4 cm³/mol. The molecule has 1 heterocycles. The second-order valence-corrected chi connectivity index (χ2v) is 5.07. The van der Waals surface area contributed by atoms with E-state index >= 15 is 0 Å². The van der Waals surface area contributed by atoms with Crippen molar-refractivity contribution in [3.8, 4) is 5.75 Å². The third-order valence-electron chi connectivity index (χ3n) is 3.53. The van der Waals surface area contributed by atoms with Crippen LogP contribution in [0.4, 0.5) is 0 Å². The molecule has 7 nitrogen and oxygen atoms in total. The van der Waals surface area contributed by atoms with Gasteiger partial charge in [-0.3, -0.25) is 0 Å². The van der Waals surface area contributed by atoms with E-state index in [-0.39, 0.29) is 5.75 Å². The van der Waals surface area contributed by atoms with Gasteiger partial charge in [0.25, 0.3) is 0 Å². The highest BCUT2D eigenvalue weighted by atomic mass is 16.7. The second kappa shape index (κ2) is 6.69. The predicted octanol–water partition coefficient (Wildman–Crippen LogP) is -0.730. The topological polar surface area (TPSA) is 120 Å². The molecule has 0 spiro atoms. The van der Waals surface area contributed by atoms with Gasteiger partial charge in [0.05, 0.1) is 12.7 Å². The van der Waals surface area contributed by atoms with Gasteiger partial charge in [-0.25, -0.2) is 0 Å². The van der Waals surface area contributed by atoms with Crippen LogP contribution in [-0.2, 0) is 9.47 Å². The molecule has 118 valence electrons. The van der Waals surface area contributed by atoms with Crippen molar-refractivity contribution in [1.82, 2.24) is 0 Å². The Bertz CT molecular complexity index is 464. The van der Waals surface area contributed by atoms with E-state index in [4.69, 9.17) is 14.6 Å². The van der Waals surface area contributed by atoms with Gasteiger partial charge < -0.3 is 35.0 Å². The molecule has 0 radical (unpaired) electrons. The minimum Gasteiger partial charge on any atom is -0.508 e. The van der Waals surface area contributed by atoms with Crippen molar-refractivity contribution in [3.05, 3.63) is 29.8 Å². The Kier molecular flexibility index (Phi) is 5.15. The molecule has 0 aliphatic carbocycles. The second-order valence-electron chi connectivity index (χ2n) is 5.07. The monoisotopic (exact) mass is 300 g/mol. The van der Waals surface area contributed by atoms with E-state index in [9.17, 15) is 20.4 Å². The number of aliphatic hydroxyl groups excluding tert-OH is 4. The summed E-state index contributed by atoms with van der Waals surface area (Å²) in [5.74, 6) is 0.0803. The smallest absolute Gasteiger partial charge is 0.187 e. The summed E-state index contributed by atoms with van der Waals surface area (Å²) in [7, 11) is 0. The zero-order chi connectivity index (χ0) is 15.6. The Morgan fingerprint density at radius 2 is 1.90 bits per heavy atom. The van der Waals surface area contributed by atoms with Gasteiger partial charge in [0.1, 0.15) is 30.2 Å². The molecule has 1 aromatic carbocycles. The number of ether oxygens (including phenoxy) is 2. The van der Waals surface area contributed by atoms with Crippen molar-refractivity contribution >= 4 is 0 Å². The van der Waals surface area contributed by atoms with Crippen LogP contribution >= 0.6 is 0 Å². The first-order valence-electron chi connectivity index (χ1n) is 6.69. The molecule has 0 amide bonds. The summed E-state index contributed by atoms with van der Waals surface area (Å²) in [6.45, 7) is 1.18. The van der Waals surface area contributed by atoms with Gasteiger partial charge in [-0.15, -0.1) is 0 Å². The maximum Gasteiger partial charge on any atom is 0.187 e. The molecule has 5 N–H and O–H groups in total. The number of phenols is 1. The number of aromatic hydroxyl groups is 1. The number of hydrogen-bond acceptors (Lipinski definition) is 7. The van der Waals surface area contributed by atoms with E-state index in [1.807, 2.05) is 0 Å². The van der Waals surface area contributed by atoms with Crippen molar-refractivity contribution in [2.24, 2.45) is 0 Å². The lowest BCUT2D eigenvalue weighted by Gasteiger charge is -2.40. The van der Waals surface area contributed by atoms with Crippen LogP contribution in [0.3, 0.4) is 0 Å². The lowest BCUT2D eigenvalue weighted by molar-refractivity contribution is -0.311. The zero-order valence-corrected chi connectivity index (χ0v) is 11.5. The number of phenolic OH excluding ortho intramolecular Hbond substituents is 1. The minimum atomic E-state index is -1.47. The summed E-state index contributed by atoms with van der Waals surface area (Å²) in [5, 5.41) is 47.8. The Balaban J connectivity index is 2.07. The highest BCUT2D eigenvalue weighted by molar-refractivity contribution is 5.28. The first-order valence-corrected chi connectivity index (χ1v) is 6.69. The van der Waals surface area contributed by atoms with Gasteiger partial charge >= 0.3 is 0 Å². The van der Waals surface area contributed by atoms with Crippen LogP contribution in [0.1, 0.15) is 18.6 Å². The van der Waals surface area contributed by atoms with Crippen molar-refractivity contribution in [2.75, 3.05) is 6.61 Å². The van der Waals surface area contributed by atoms with E-state index in [1.54, 1.807) is 19.1 Å². The zero-order valence-electron chi connectivity index (χ0n) is 11.5. The van der Waals surface area contributed by atoms with E-state index in [0.717, 1.165) is 0 Å². The van der Waals surface area contributed by atoms with Gasteiger partial charge in [0.15, 0.2) is 6.29 Å². The molecular weight excluding hydrogens is 280 g/mol. The maximum atomic E-state index is 9.88. The maximum absolute atomic E-state index is 9.88. The van der Waals surface area contributed by atoms with E-state index in [1.165, 1.54) is 12.1 Å². The van der Waals surface area contributed by atoms with Crippen molar-refractivity contribution in [1.29, 1.82) is 0 Å². The standard InChI is InChI=1S/C14H20O7/c1-7(8-3-2-4-9(16)5-8)20-14-13(19)12(18)11(17)10(6-15)21-14/h2-5,7,10-19H,6H2,1H3. The van der Waals surface area contributed by atoms with Gasteiger partial charge in [-0.05, 0) is 24.6 Å². The molecule has 1 aromatic rings. The van der Waals surface area contributed by atoms with Crippen LogP contribution < -0.4 is 0 Å². The van der Waals surface area contributed by atoms with Gasteiger partial charge in [-0.1, -0.05) is 12.1 Å². The summed E-state index contributed by atoms with van der Waals surface area (Å²) in [5.41, 5.74) is 0.659. The molecule has 1 fully saturated rings. The number of hydrogen-bond donors (Lipinski definition) is 5. The highest BCUT2D eigenvalue weighted by Crippen LogP contribution is 2.28. The summed E-state index contributed by atoms with van der Waals surface area (Å²) in [6, 6.07) is 6.41. The molecule has 0 saturated carbocycles. The largest absolute Gasteiger partial charge is 0.508 e. The molecule has 1 aliphatic rings.